The van der Waals surface area contributed by atoms with Crippen LogP contribution in [0.1, 0.15) is 21.9 Å². The third-order valence-corrected chi connectivity index (χ3v) is 4.38. The fourth-order valence-electron chi connectivity index (χ4n) is 2.66. The molecule has 0 amide bonds. The number of benzene rings is 1. The molecule has 0 spiro atoms. The number of hydrogen-bond acceptors (Lipinski definition) is 6. The Morgan fingerprint density at radius 2 is 2.07 bits per heavy atom. The van der Waals surface area contributed by atoms with Gasteiger partial charge in [0.15, 0.2) is 0 Å². The molecule has 0 unspecified atom stereocenters. The van der Waals surface area contributed by atoms with E-state index < -0.39 is 11.6 Å². The Hall–Kier alpha value is -3.13. The Kier molecular flexibility index (Phi) is 4.64. The highest BCUT2D eigenvalue weighted by molar-refractivity contribution is 9.10. The van der Waals surface area contributed by atoms with E-state index in [-0.39, 0.29) is 12.4 Å². The number of esters is 1. The number of aromatic nitrogens is 2. The Balaban J connectivity index is 1.49. The van der Waals surface area contributed by atoms with E-state index in [1.807, 2.05) is 6.07 Å². The van der Waals surface area contributed by atoms with Crippen molar-refractivity contribution in [3.05, 3.63) is 86.8 Å². The number of nitrogens with zero attached hydrogens (tertiary/aromatic N) is 2. The molecule has 3 aromatic heterocycles. The second-order valence-corrected chi connectivity index (χ2v) is 6.69. The van der Waals surface area contributed by atoms with Gasteiger partial charge in [-0.2, -0.15) is 5.10 Å². The number of carbonyl (C=O) groups excluding carboxylic acids is 1. The zero-order valence-corrected chi connectivity index (χ0v) is 15.5. The van der Waals surface area contributed by atoms with Crippen LogP contribution in [0.5, 0.6) is 0 Å². The molecule has 0 atom stereocenters. The van der Waals surface area contributed by atoms with Crippen molar-refractivity contribution in [2.75, 3.05) is 0 Å². The van der Waals surface area contributed by atoms with Crippen molar-refractivity contribution in [1.82, 2.24) is 9.78 Å². The summed E-state index contributed by atoms with van der Waals surface area (Å²) in [7, 11) is 0. The van der Waals surface area contributed by atoms with Gasteiger partial charge >= 0.3 is 11.6 Å². The topological polar surface area (TPSA) is 87.5 Å². The molecule has 0 aliphatic heterocycles. The molecule has 0 aliphatic rings. The quantitative estimate of drug-likeness (QED) is 0.355. The smallest absolute Gasteiger partial charge is 0.374 e. The van der Waals surface area contributed by atoms with Crippen LogP contribution in [0.15, 0.2) is 73.0 Å². The summed E-state index contributed by atoms with van der Waals surface area (Å²) in [5.41, 5.74) is 0.471. The summed E-state index contributed by atoms with van der Waals surface area (Å²) < 4.78 is 18.5. The fraction of sp³-hybridized carbons (Fsp3) is 0.105. The van der Waals surface area contributed by atoms with Gasteiger partial charge in [0.2, 0.25) is 5.76 Å². The van der Waals surface area contributed by atoms with Crippen LogP contribution < -0.4 is 5.63 Å². The largest absolute Gasteiger partial charge is 0.455 e. The van der Waals surface area contributed by atoms with Crippen molar-refractivity contribution >= 4 is 32.9 Å². The summed E-state index contributed by atoms with van der Waals surface area (Å²) in [6.45, 7) is 0.345. The third kappa shape index (κ3) is 3.85. The van der Waals surface area contributed by atoms with Gasteiger partial charge in [0.1, 0.15) is 18.0 Å². The second kappa shape index (κ2) is 7.24. The highest BCUT2D eigenvalue weighted by atomic mass is 79.9. The minimum absolute atomic E-state index is 0.0717. The summed E-state index contributed by atoms with van der Waals surface area (Å²) in [6, 6.07) is 11.7. The highest BCUT2D eigenvalue weighted by Crippen LogP contribution is 2.22. The molecule has 1 aromatic carbocycles. The Bertz CT molecular complexity index is 1160. The summed E-state index contributed by atoms with van der Waals surface area (Å²) in [4.78, 5) is 24.0. The lowest BCUT2D eigenvalue weighted by Gasteiger charge is -2.06. The molecule has 4 aromatic rings. The van der Waals surface area contributed by atoms with Gasteiger partial charge in [0, 0.05) is 33.9 Å². The van der Waals surface area contributed by atoms with E-state index in [9.17, 15) is 9.59 Å². The van der Waals surface area contributed by atoms with Gasteiger partial charge in [-0.25, -0.2) is 9.59 Å². The van der Waals surface area contributed by atoms with Crippen LogP contribution in [0.2, 0.25) is 0 Å². The average molecular weight is 429 g/mol. The van der Waals surface area contributed by atoms with Crippen LogP contribution in [0.4, 0.5) is 0 Å². The summed E-state index contributed by atoms with van der Waals surface area (Å²) in [6.07, 6.45) is 3.46. The Morgan fingerprint density at radius 3 is 2.89 bits per heavy atom. The maximum absolute atomic E-state index is 12.3. The fourth-order valence-corrected chi connectivity index (χ4v) is 3.00. The van der Waals surface area contributed by atoms with Gasteiger partial charge in [-0.05, 0) is 36.4 Å². The molecule has 0 N–H and O–H groups in total. The normalized spacial score (nSPS) is 11.0. The zero-order chi connectivity index (χ0) is 18.8. The highest BCUT2D eigenvalue weighted by Gasteiger charge is 2.15. The Morgan fingerprint density at radius 1 is 1.19 bits per heavy atom. The maximum Gasteiger partial charge on any atom is 0.374 e. The summed E-state index contributed by atoms with van der Waals surface area (Å²) in [5, 5.41) is 4.78. The molecule has 27 heavy (non-hydrogen) atoms. The lowest BCUT2D eigenvalue weighted by atomic mass is 10.1. The minimum atomic E-state index is -0.611. The lowest BCUT2D eigenvalue weighted by Crippen LogP contribution is -2.07. The minimum Gasteiger partial charge on any atom is -0.455 e. The van der Waals surface area contributed by atoms with E-state index in [1.54, 1.807) is 47.4 Å². The molecule has 8 heteroatoms. The van der Waals surface area contributed by atoms with Crippen LogP contribution in [-0.4, -0.2) is 15.7 Å². The first kappa shape index (κ1) is 17.3. The molecular formula is C19H13BrN2O5. The number of carbonyl (C=O) groups is 1. The van der Waals surface area contributed by atoms with Crippen LogP contribution >= 0.6 is 15.9 Å². The number of rotatable bonds is 5. The number of hydrogen-bond donors (Lipinski definition) is 0. The van der Waals surface area contributed by atoms with E-state index in [2.05, 4.69) is 21.0 Å². The predicted octanol–water partition coefficient (Wildman–Crippen LogP) is 3.75. The molecule has 0 aliphatic carbocycles. The number of halogens is 1. The van der Waals surface area contributed by atoms with Gasteiger partial charge in [0.05, 0.1) is 6.54 Å². The molecule has 7 nitrogen and oxygen atoms in total. The van der Waals surface area contributed by atoms with Crippen molar-refractivity contribution in [2.24, 2.45) is 0 Å². The third-order valence-electron chi connectivity index (χ3n) is 3.89. The first-order chi connectivity index (χ1) is 13.1. The zero-order valence-electron chi connectivity index (χ0n) is 13.9. The van der Waals surface area contributed by atoms with Crippen molar-refractivity contribution in [1.29, 1.82) is 0 Å². The van der Waals surface area contributed by atoms with Gasteiger partial charge in [-0.15, -0.1) is 0 Å². The lowest BCUT2D eigenvalue weighted by molar-refractivity contribution is 0.0435. The molecule has 0 saturated heterocycles. The van der Waals surface area contributed by atoms with E-state index in [0.29, 0.717) is 28.8 Å². The van der Waals surface area contributed by atoms with Crippen LogP contribution in [0.3, 0.4) is 0 Å². The van der Waals surface area contributed by atoms with E-state index >= 15 is 0 Å². The predicted molar refractivity (Wildman–Crippen MR) is 99.3 cm³/mol. The average Bonchev–Trinajstić information content (AvgIpc) is 3.31. The van der Waals surface area contributed by atoms with Crippen molar-refractivity contribution in [2.45, 2.75) is 13.2 Å². The van der Waals surface area contributed by atoms with Crippen LogP contribution in [0.25, 0.3) is 11.0 Å². The Labute approximate surface area is 161 Å². The molecule has 0 bridgehead atoms. The monoisotopic (exact) mass is 428 g/mol. The standard InChI is InChI=1S/C19H13BrN2O5/c20-13-2-4-15-12(8-18(23)27-17(15)9-13)11-25-19(24)16-5-3-14(26-16)10-22-7-1-6-21-22/h1-9H,10-11H2. The first-order valence-electron chi connectivity index (χ1n) is 8.04. The van der Waals surface area contributed by atoms with Crippen molar-refractivity contribution in [3.8, 4) is 0 Å². The maximum atomic E-state index is 12.3. The van der Waals surface area contributed by atoms with Crippen LogP contribution in [-0.2, 0) is 17.9 Å². The SMILES string of the molecule is O=C(OCc1cc(=O)oc2cc(Br)ccc12)c1ccc(Cn2cccn2)o1. The number of furan rings is 1. The molecule has 0 radical (unpaired) electrons. The van der Waals surface area contributed by atoms with Gasteiger partial charge in [0.25, 0.3) is 0 Å². The van der Waals surface area contributed by atoms with Crippen molar-refractivity contribution in [3.63, 3.8) is 0 Å². The second-order valence-electron chi connectivity index (χ2n) is 5.78. The summed E-state index contributed by atoms with van der Waals surface area (Å²) in [5.74, 6) is 0.0636. The molecule has 3 heterocycles. The van der Waals surface area contributed by atoms with E-state index in [0.717, 1.165) is 4.47 Å². The molecule has 4 rings (SSSR count). The van der Waals surface area contributed by atoms with Gasteiger partial charge < -0.3 is 13.6 Å². The summed E-state index contributed by atoms with van der Waals surface area (Å²) >= 11 is 3.33. The first-order valence-corrected chi connectivity index (χ1v) is 8.83. The van der Waals surface area contributed by atoms with Gasteiger partial charge in [-0.3, -0.25) is 4.68 Å². The number of ether oxygens (including phenoxy) is 1. The molecule has 0 saturated carbocycles. The van der Waals surface area contributed by atoms with Crippen LogP contribution in [0, 0.1) is 0 Å². The van der Waals surface area contributed by atoms with Gasteiger partial charge in [-0.1, -0.05) is 15.9 Å². The molecule has 136 valence electrons. The van der Waals surface area contributed by atoms with E-state index in [1.165, 1.54) is 6.07 Å². The van der Waals surface area contributed by atoms with Crippen molar-refractivity contribution < 1.29 is 18.4 Å². The molecular weight excluding hydrogens is 416 g/mol. The van der Waals surface area contributed by atoms with E-state index in [4.69, 9.17) is 13.6 Å². The molecule has 0 fully saturated rings. The number of fused-ring (bicyclic) bond motifs is 1.